The zero-order valence-electron chi connectivity index (χ0n) is 27.7. The number of fused-ring (bicyclic) bond motifs is 4. The molecule has 3 N–H and O–H groups in total. The van der Waals surface area contributed by atoms with Crippen LogP contribution in [0.3, 0.4) is 0 Å². The number of anilines is 1. The molecule has 7 rings (SSSR count). The third kappa shape index (κ3) is 6.35. The van der Waals surface area contributed by atoms with Gasteiger partial charge in [-0.3, -0.25) is 14.2 Å². The number of halogens is 6. The van der Waals surface area contributed by atoms with E-state index in [0.717, 1.165) is 12.1 Å². The van der Waals surface area contributed by atoms with Gasteiger partial charge in [-0.25, -0.2) is 22.5 Å². The van der Waals surface area contributed by atoms with Crippen molar-refractivity contribution in [3.8, 4) is 23.0 Å². The van der Waals surface area contributed by atoms with Gasteiger partial charge in [-0.2, -0.15) is 19.0 Å². The molecule has 0 spiro atoms. The molecule has 3 heterocycles. The van der Waals surface area contributed by atoms with Gasteiger partial charge in [0.2, 0.25) is 0 Å². The van der Waals surface area contributed by atoms with E-state index in [2.05, 4.69) is 22.0 Å². The molecule has 0 saturated heterocycles. The minimum atomic E-state index is -3.43. The zero-order valence-corrected chi connectivity index (χ0v) is 27.7. The fraction of sp³-hybridized carbons (Fsp3) is 0.351. The highest BCUT2D eigenvalue weighted by Crippen LogP contribution is 2.68. The second kappa shape index (κ2) is 12.3. The summed E-state index contributed by atoms with van der Waals surface area (Å²) >= 11 is 0. The molecule has 3 aromatic heterocycles. The average molecular weight is 707 g/mol. The highest BCUT2D eigenvalue weighted by Gasteiger charge is 2.67. The lowest BCUT2D eigenvalue weighted by Gasteiger charge is -2.21. The number of nitrogen functional groups attached to an aromatic ring is 1. The largest absolute Gasteiger partial charge is 0.382 e. The molecule has 0 amide bonds. The van der Waals surface area contributed by atoms with Crippen LogP contribution in [0.1, 0.15) is 78.9 Å². The highest BCUT2D eigenvalue weighted by molar-refractivity contribution is 6.00. The molecule has 2 aromatic carbocycles. The second-order valence-corrected chi connectivity index (χ2v) is 13.7. The zero-order chi connectivity index (χ0) is 36.6. The number of carbonyl (C=O) groups excluding carboxylic acids is 1. The monoisotopic (exact) mass is 706 g/mol. The Hall–Kier alpha value is -5.16. The summed E-state index contributed by atoms with van der Waals surface area (Å²) in [6.07, 6.45) is -3.57. The topological polar surface area (TPSA) is 112 Å². The summed E-state index contributed by atoms with van der Waals surface area (Å²) in [4.78, 5) is 18.7. The first-order chi connectivity index (χ1) is 24.0. The molecule has 1 fully saturated rings. The van der Waals surface area contributed by atoms with Crippen LogP contribution in [0.15, 0.2) is 48.5 Å². The Bertz CT molecular complexity index is 2260. The number of nitrogens with zero attached hydrogens (tertiary/aromatic N) is 5. The van der Waals surface area contributed by atoms with Crippen LogP contribution >= 0.6 is 0 Å². The Balaban J connectivity index is 1.35. The number of alkyl halides is 4. The number of Topliss-reactive ketones (excluding diaryl/α,β-unsaturated/α-hetero) is 1. The molecule has 51 heavy (non-hydrogen) atoms. The van der Waals surface area contributed by atoms with Gasteiger partial charge in [0.25, 0.3) is 12.3 Å². The van der Waals surface area contributed by atoms with Gasteiger partial charge in [0.1, 0.15) is 40.9 Å². The summed E-state index contributed by atoms with van der Waals surface area (Å²) in [6.45, 7) is 2.24. The van der Waals surface area contributed by atoms with Crippen molar-refractivity contribution in [2.75, 3.05) is 5.73 Å². The van der Waals surface area contributed by atoms with Crippen molar-refractivity contribution in [1.29, 1.82) is 0 Å². The van der Waals surface area contributed by atoms with E-state index in [4.69, 9.17) is 10.7 Å². The van der Waals surface area contributed by atoms with Gasteiger partial charge >= 0.3 is 0 Å². The lowest BCUT2D eigenvalue weighted by atomic mass is 9.86. The Labute approximate surface area is 288 Å². The summed E-state index contributed by atoms with van der Waals surface area (Å²) in [6, 6.07) is 11.6. The number of carbonyl (C=O) groups is 1. The number of para-hydroxylation sites is 1. The van der Waals surface area contributed by atoms with E-state index in [1.54, 1.807) is 42.1 Å². The summed E-state index contributed by atoms with van der Waals surface area (Å²) in [5, 5.41) is 19.0. The Morgan fingerprint density at radius 3 is 2.49 bits per heavy atom. The van der Waals surface area contributed by atoms with E-state index in [-0.39, 0.29) is 41.2 Å². The van der Waals surface area contributed by atoms with Crippen LogP contribution in [0, 0.1) is 29.4 Å². The lowest BCUT2D eigenvalue weighted by Crippen LogP contribution is -2.24. The first kappa shape index (κ1) is 34.3. The molecular weight excluding hydrogens is 674 g/mol. The molecular formula is C37H32F6N6O2. The Morgan fingerprint density at radius 2 is 1.80 bits per heavy atom. The normalized spacial score (nSPS) is 18.0. The number of ketones is 1. The molecule has 0 bridgehead atoms. The highest BCUT2D eigenvalue weighted by atomic mass is 19.3. The Kier molecular flexibility index (Phi) is 8.24. The number of nitrogens with two attached hydrogens (primary N) is 1. The van der Waals surface area contributed by atoms with Gasteiger partial charge in [-0.05, 0) is 74.4 Å². The average Bonchev–Trinajstić information content (AvgIpc) is 3.60. The number of hydrogen-bond donors (Lipinski definition) is 2. The molecule has 0 aliphatic heterocycles. The fourth-order valence-corrected chi connectivity index (χ4v) is 7.24. The van der Waals surface area contributed by atoms with Crippen molar-refractivity contribution >= 4 is 22.5 Å². The van der Waals surface area contributed by atoms with Crippen molar-refractivity contribution in [2.24, 2.45) is 13.0 Å². The first-order valence-electron chi connectivity index (χ1n) is 16.2. The molecule has 1 saturated carbocycles. The van der Waals surface area contributed by atoms with E-state index in [0.29, 0.717) is 32.8 Å². The standard InChI is InChI=1S/C37H32F6N6O2/c1-36(2,51)10-9-22-7-8-24(25-5-4-6-26-32(25)48(3)47-35(26)44)30(45-22)19(11-18-12-20(38)15-21(39)13-18)14-23(50)17-49-33-29(31(46-49)34(40)41)27-16-28(27)37(33,42)43/h4-8,12-13,15,19,27-28,34,51H,11,14,16-17H2,1-3H3,(H2,44,47)/t19-,27+,28-/m1/s1. The summed E-state index contributed by atoms with van der Waals surface area (Å²) < 4.78 is 89.7. The van der Waals surface area contributed by atoms with Gasteiger partial charge in [-0.15, -0.1) is 0 Å². The van der Waals surface area contributed by atoms with Crippen LogP contribution in [-0.4, -0.2) is 41.0 Å². The number of rotatable bonds is 9. The number of aryl methyl sites for hydroxylation is 1. The van der Waals surface area contributed by atoms with E-state index in [1.807, 2.05) is 0 Å². The minimum absolute atomic E-state index is 0.0713. The van der Waals surface area contributed by atoms with Gasteiger partial charge in [0.05, 0.1) is 11.2 Å². The lowest BCUT2D eigenvalue weighted by molar-refractivity contribution is -0.120. The van der Waals surface area contributed by atoms with Crippen LogP contribution in [0.5, 0.6) is 0 Å². The predicted octanol–water partition coefficient (Wildman–Crippen LogP) is 6.95. The van der Waals surface area contributed by atoms with Crippen LogP contribution in [0.4, 0.5) is 32.2 Å². The maximum Gasteiger partial charge on any atom is 0.293 e. The van der Waals surface area contributed by atoms with Crippen molar-refractivity contribution in [2.45, 2.75) is 69.4 Å². The number of aliphatic hydroxyl groups is 1. The van der Waals surface area contributed by atoms with Crippen molar-refractivity contribution in [1.82, 2.24) is 24.5 Å². The van der Waals surface area contributed by atoms with Crippen LogP contribution in [0.25, 0.3) is 22.0 Å². The molecule has 2 aliphatic rings. The molecule has 3 atom stereocenters. The van der Waals surface area contributed by atoms with Crippen molar-refractivity contribution < 1.29 is 36.2 Å². The number of hydrogen-bond acceptors (Lipinski definition) is 6. The SMILES string of the molecule is Cn1nc(N)c2cccc(-c3ccc(C#CC(C)(C)O)nc3[C@@H](CC(=O)Cn3nc(C(F)F)c4c3C(F)(F)[C@@H]3C[C@H]43)Cc3cc(F)cc(F)c3)c21. The predicted molar refractivity (Wildman–Crippen MR) is 176 cm³/mol. The van der Waals surface area contributed by atoms with Gasteiger partial charge < -0.3 is 10.8 Å². The third-order valence-corrected chi connectivity index (χ3v) is 9.36. The number of benzene rings is 2. The van der Waals surface area contributed by atoms with E-state index < -0.39 is 77.5 Å². The molecule has 5 aromatic rings. The molecule has 0 radical (unpaired) electrons. The van der Waals surface area contributed by atoms with Crippen LogP contribution < -0.4 is 5.73 Å². The third-order valence-electron chi connectivity index (χ3n) is 9.36. The quantitative estimate of drug-likeness (QED) is 0.127. The maximum absolute atomic E-state index is 15.3. The van der Waals surface area contributed by atoms with Crippen LogP contribution in [0.2, 0.25) is 0 Å². The summed E-state index contributed by atoms with van der Waals surface area (Å²) in [5.41, 5.74) is 5.58. The van der Waals surface area contributed by atoms with Crippen molar-refractivity contribution in [3.05, 3.63) is 94.1 Å². The summed E-state index contributed by atoms with van der Waals surface area (Å²) in [5.74, 6) is -2.77. The number of pyridine rings is 1. The van der Waals surface area contributed by atoms with Gasteiger partial charge in [0, 0.05) is 53.4 Å². The maximum atomic E-state index is 15.3. The fourth-order valence-electron chi connectivity index (χ4n) is 7.24. The van der Waals surface area contributed by atoms with E-state index >= 15 is 8.78 Å². The summed E-state index contributed by atoms with van der Waals surface area (Å²) in [7, 11) is 1.70. The van der Waals surface area contributed by atoms with Gasteiger partial charge in [-0.1, -0.05) is 18.1 Å². The molecule has 8 nitrogen and oxygen atoms in total. The Morgan fingerprint density at radius 1 is 1.08 bits per heavy atom. The minimum Gasteiger partial charge on any atom is -0.382 e. The van der Waals surface area contributed by atoms with Crippen molar-refractivity contribution in [3.63, 3.8) is 0 Å². The molecule has 0 unspecified atom stereocenters. The molecule has 264 valence electrons. The molecule has 14 heteroatoms. The van der Waals surface area contributed by atoms with E-state index in [9.17, 15) is 27.5 Å². The molecule has 2 aliphatic carbocycles. The number of aromatic nitrogens is 5. The van der Waals surface area contributed by atoms with Crippen LogP contribution in [-0.2, 0) is 30.7 Å². The smallest absolute Gasteiger partial charge is 0.293 e. The van der Waals surface area contributed by atoms with Gasteiger partial charge in [0.15, 0.2) is 11.6 Å². The second-order valence-electron chi connectivity index (χ2n) is 13.7. The first-order valence-corrected chi connectivity index (χ1v) is 16.2. The van der Waals surface area contributed by atoms with E-state index in [1.165, 1.54) is 13.8 Å².